The van der Waals surface area contributed by atoms with E-state index >= 15 is 0 Å². The van der Waals surface area contributed by atoms with Gasteiger partial charge in [-0.15, -0.1) is 9.05 Å². The highest BCUT2D eigenvalue weighted by molar-refractivity contribution is 7.33. The monoisotopic (exact) mass is 389 g/mol. The average molecular weight is 389 g/mol. The highest BCUT2D eigenvalue weighted by Gasteiger charge is 2.30. The highest BCUT2D eigenvalue weighted by atomic mass is 31.1. The fourth-order valence-corrected chi connectivity index (χ4v) is 1.39. The normalized spacial score (nSPS) is 11.9. The second-order valence-electron chi connectivity index (χ2n) is 3.94. The van der Waals surface area contributed by atoms with Gasteiger partial charge in [-0.05, 0) is 0 Å². The van der Waals surface area contributed by atoms with Crippen LogP contribution in [0.5, 0.6) is 0 Å². The van der Waals surface area contributed by atoms with Crippen LogP contribution in [0.2, 0.25) is 0 Å². The Morgan fingerprint density at radius 1 is 0.750 bits per heavy atom. The lowest BCUT2D eigenvalue weighted by Crippen LogP contribution is -2.18. The molecule has 0 bridgehead atoms. The predicted octanol–water partition coefficient (Wildman–Crippen LogP) is 2.67. The molecular weight excluding hydrogens is 377 g/mol. The van der Waals surface area contributed by atoms with E-state index in [0.29, 0.717) is 0 Å². The summed E-state index contributed by atoms with van der Waals surface area (Å²) in [5.74, 6) is -2.50. The molecule has 7 nitrogen and oxygen atoms in total. The first kappa shape index (κ1) is 22.5. The first-order valence-corrected chi connectivity index (χ1v) is 7.16. The molecular formula is C10H12F6O7P+. The van der Waals surface area contributed by atoms with Gasteiger partial charge in [0.25, 0.3) is 0 Å². The van der Waals surface area contributed by atoms with E-state index in [1.807, 2.05) is 0 Å². The summed E-state index contributed by atoms with van der Waals surface area (Å²) in [7, 11) is -3.02. The van der Waals surface area contributed by atoms with Crippen LogP contribution in [0.25, 0.3) is 0 Å². The minimum atomic E-state index is -4.51. The molecule has 0 aliphatic carbocycles. The zero-order valence-electron chi connectivity index (χ0n) is 11.8. The van der Waals surface area contributed by atoms with Crippen LogP contribution in [0, 0.1) is 0 Å². The van der Waals surface area contributed by atoms with E-state index < -0.39 is 71.8 Å². The molecule has 0 aromatic carbocycles. The molecule has 24 heavy (non-hydrogen) atoms. The molecule has 0 N–H and O–H groups in total. The van der Waals surface area contributed by atoms with Gasteiger partial charge in [-0.25, -0.2) is 9.59 Å². The zero-order chi connectivity index (χ0) is 18.8. The van der Waals surface area contributed by atoms with E-state index in [0.717, 1.165) is 0 Å². The summed E-state index contributed by atoms with van der Waals surface area (Å²) in [5, 5.41) is 0. The lowest BCUT2D eigenvalue weighted by Gasteiger charge is -2.06. The molecule has 140 valence electrons. The van der Waals surface area contributed by atoms with E-state index in [4.69, 9.17) is 0 Å². The Labute approximate surface area is 132 Å². The Balaban J connectivity index is 3.75. The van der Waals surface area contributed by atoms with Gasteiger partial charge in [0.2, 0.25) is 13.2 Å². The van der Waals surface area contributed by atoms with Gasteiger partial charge in [0.1, 0.15) is 13.2 Å². The van der Waals surface area contributed by atoms with Crippen LogP contribution < -0.4 is 0 Å². The first-order chi connectivity index (χ1) is 10.9. The SMILES string of the molecule is O=C(CO[P+](=O)OCC(=O)OCCC(F)(F)F)OCCC(F)(F)F. The fraction of sp³-hybridized carbons (Fsp3) is 0.800. The molecule has 0 saturated carbocycles. The quantitative estimate of drug-likeness (QED) is 0.323. The van der Waals surface area contributed by atoms with Gasteiger partial charge in [-0.2, -0.15) is 26.3 Å². The van der Waals surface area contributed by atoms with Crippen LogP contribution in [-0.2, 0) is 32.7 Å². The van der Waals surface area contributed by atoms with Crippen molar-refractivity contribution in [3.63, 3.8) is 0 Å². The molecule has 0 unspecified atom stereocenters. The summed E-state index contributed by atoms with van der Waals surface area (Å²) in [6.45, 7) is -3.91. The Kier molecular flexibility index (Phi) is 9.78. The third-order valence-corrected chi connectivity index (χ3v) is 2.55. The number of carbonyl (C=O) groups excluding carboxylic acids is 2. The van der Waals surface area contributed by atoms with Crippen molar-refractivity contribution in [2.24, 2.45) is 0 Å². The van der Waals surface area contributed by atoms with Crippen LogP contribution in [0.15, 0.2) is 0 Å². The summed E-state index contributed by atoms with van der Waals surface area (Å²) in [6, 6.07) is 0. The standard InChI is InChI=1S/C10H12F6O7P/c11-9(12,13)1-3-20-7(17)5-22-24(19)23-6-8(18)21-4-2-10(14,15)16/h1-6H2/q+1. The average Bonchev–Trinajstić information content (AvgIpc) is 2.40. The van der Waals surface area contributed by atoms with E-state index in [9.17, 15) is 40.5 Å². The second-order valence-corrected chi connectivity index (χ2v) is 4.91. The summed E-state index contributed by atoms with van der Waals surface area (Å²) < 4.78 is 98.3. The third kappa shape index (κ3) is 15.4. The van der Waals surface area contributed by atoms with Gasteiger partial charge in [0, 0.05) is 4.57 Å². The number of carbonyl (C=O) groups is 2. The van der Waals surface area contributed by atoms with Crippen molar-refractivity contribution >= 4 is 20.2 Å². The van der Waals surface area contributed by atoms with Gasteiger partial charge in [0.05, 0.1) is 12.8 Å². The highest BCUT2D eigenvalue weighted by Crippen LogP contribution is 2.24. The molecule has 0 aliphatic heterocycles. The lowest BCUT2D eigenvalue weighted by atomic mass is 10.4. The van der Waals surface area contributed by atoms with E-state index in [-0.39, 0.29) is 0 Å². The maximum absolute atomic E-state index is 11.8. The molecule has 0 aliphatic rings. The minimum absolute atomic E-state index is 0.950. The van der Waals surface area contributed by atoms with Crippen molar-refractivity contribution in [3.8, 4) is 0 Å². The largest absolute Gasteiger partial charge is 0.698 e. The molecule has 0 spiro atoms. The van der Waals surface area contributed by atoms with Gasteiger partial charge in [0.15, 0.2) is 0 Å². The van der Waals surface area contributed by atoms with E-state index in [1.54, 1.807) is 0 Å². The Bertz CT molecular complexity index is 398. The molecule has 0 fully saturated rings. The van der Waals surface area contributed by atoms with Gasteiger partial charge in [-0.1, -0.05) is 0 Å². The lowest BCUT2D eigenvalue weighted by molar-refractivity contribution is -0.161. The molecule has 0 atom stereocenters. The van der Waals surface area contributed by atoms with Crippen molar-refractivity contribution in [2.75, 3.05) is 26.4 Å². The summed E-state index contributed by atoms with van der Waals surface area (Å²) in [5.41, 5.74) is 0. The van der Waals surface area contributed by atoms with Crippen molar-refractivity contribution in [2.45, 2.75) is 25.2 Å². The van der Waals surface area contributed by atoms with Crippen LogP contribution in [0.1, 0.15) is 12.8 Å². The number of alkyl halides is 6. The summed E-state index contributed by atoms with van der Waals surface area (Å²) in [4.78, 5) is 21.8. The molecule has 0 heterocycles. The number of ether oxygens (including phenoxy) is 2. The Morgan fingerprint density at radius 3 is 1.38 bits per heavy atom. The summed E-state index contributed by atoms with van der Waals surface area (Å²) >= 11 is 0. The summed E-state index contributed by atoms with van der Waals surface area (Å²) in [6.07, 6.45) is -11.8. The van der Waals surface area contributed by atoms with Gasteiger partial charge >= 0.3 is 32.5 Å². The van der Waals surface area contributed by atoms with Crippen molar-refractivity contribution in [1.82, 2.24) is 0 Å². The Hall–Kier alpha value is -1.46. The van der Waals surface area contributed by atoms with Gasteiger partial charge in [-0.3, -0.25) is 0 Å². The van der Waals surface area contributed by atoms with E-state index in [1.165, 1.54) is 0 Å². The van der Waals surface area contributed by atoms with Crippen LogP contribution in [0.4, 0.5) is 26.3 Å². The van der Waals surface area contributed by atoms with Crippen LogP contribution in [-0.4, -0.2) is 50.7 Å². The minimum Gasteiger partial charge on any atom is -0.463 e. The number of rotatable bonds is 10. The number of hydrogen-bond acceptors (Lipinski definition) is 7. The molecule has 0 radical (unpaired) electrons. The predicted molar refractivity (Wildman–Crippen MR) is 62.8 cm³/mol. The topological polar surface area (TPSA) is 88.1 Å². The maximum Gasteiger partial charge on any atom is 0.698 e. The van der Waals surface area contributed by atoms with Crippen molar-refractivity contribution in [1.29, 1.82) is 0 Å². The molecule has 0 aromatic rings. The smallest absolute Gasteiger partial charge is 0.463 e. The maximum atomic E-state index is 11.8. The molecule has 0 aromatic heterocycles. The third-order valence-electron chi connectivity index (χ3n) is 1.87. The number of hydrogen-bond donors (Lipinski definition) is 0. The number of esters is 2. The van der Waals surface area contributed by atoms with Crippen molar-refractivity contribution in [3.05, 3.63) is 0 Å². The van der Waals surface area contributed by atoms with Gasteiger partial charge < -0.3 is 9.47 Å². The molecule has 0 amide bonds. The number of halogens is 6. The van der Waals surface area contributed by atoms with Crippen molar-refractivity contribution < 1.29 is 59.0 Å². The molecule has 14 heteroatoms. The zero-order valence-corrected chi connectivity index (χ0v) is 12.7. The second kappa shape index (κ2) is 10.4. The Morgan fingerprint density at radius 2 is 1.08 bits per heavy atom. The fourth-order valence-electron chi connectivity index (χ4n) is 0.893. The van der Waals surface area contributed by atoms with Crippen LogP contribution >= 0.6 is 8.25 Å². The van der Waals surface area contributed by atoms with E-state index in [2.05, 4.69) is 18.5 Å². The first-order valence-electron chi connectivity index (χ1n) is 6.07. The molecule has 0 saturated heterocycles. The van der Waals surface area contributed by atoms with Crippen LogP contribution in [0.3, 0.4) is 0 Å². The molecule has 0 rings (SSSR count).